The SMILES string of the molecule is O=C(NCc1cccnc1)c1csc(-c2ccc(Cl)cc2)n1. The predicted molar refractivity (Wildman–Crippen MR) is 88.0 cm³/mol. The quantitative estimate of drug-likeness (QED) is 0.792. The van der Waals surface area contributed by atoms with Crippen LogP contribution in [-0.2, 0) is 6.54 Å². The molecule has 22 heavy (non-hydrogen) atoms. The zero-order valence-electron chi connectivity index (χ0n) is 11.5. The molecule has 0 bridgehead atoms. The number of amides is 1. The smallest absolute Gasteiger partial charge is 0.271 e. The van der Waals surface area contributed by atoms with E-state index >= 15 is 0 Å². The molecule has 0 fully saturated rings. The molecule has 3 aromatic rings. The summed E-state index contributed by atoms with van der Waals surface area (Å²) in [5.74, 6) is -0.194. The summed E-state index contributed by atoms with van der Waals surface area (Å²) in [6, 6.07) is 11.1. The first kappa shape index (κ1) is 14.7. The van der Waals surface area contributed by atoms with Gasteiger partial charge in [-0.3, -0.25) is 9.78 Å². The minimum absolute atomic E-state index is 0.194. The number of benzene rings is 1. The Morgan fingerprint density at radius 1 is 1.23 bits per heavy atom. The molecule has 3 rings (SSSR count). The number of halogens is 1. The number of aromatic nitrogens is 2. The van der Waals surface area contributed by atoms with Crippen molar-refractivity contribution in [3.63, 3.8) is 0 Å². The first-order chi connectivity index (χ1) is 10.7. The normalized spacial score (nSPS) is 10.4. The fraction of sp³-hybridized carbons (Fsp3) is 0.0625. The lowest BCUT2D eigenvalue weighted by molar-refractivity contribution is 0.0946. The van der Waals surface area contributed by atoms with Gasteiger partial charge in [0.05, 0.1) is 0 Å². The van der Waals surface area contributed by atoms with Crippen molar-refractivity contribution >= 4 is 28.8 Å². The molecule has 0 atom stereocenters. The van der Waals surface area contributed by atoms with Crippen LogP contribution in [0.5, 0.6) is 0 Å². The molecular formula is C16H12ClN3OS. The third-order valence-corrected chi connectivity index (χ3v) is 4.15. The Kier molecular flexibility index (Phi) is 4.46. The zero-order valence-corrected chi connectivity index (χ0v) is 13.1. The summed E-state index contributed by atoms with van der Waals surface area (Å²) in [6.07, 6.45) is 3.42. The minimum atomic E-state index is -0.194. The van der Waals surface area contributed by atoms with Crippen LogP contribution in [0.4, 0.5) is 0 Å². The van der Waals surface area contributed by atoms with Crippen molar-refractivity contribution < 1.29 is 4.79 Å². The molecule has 2 heterocycles. The van der Waals surface area contributed by atoms with E-state index in [4.69, 9.17) is 11.6 Å². The van der Waals surface area contributed by atoms with Crippen molar-refractivity contribution in [2.24, 2.45) is 0 Å². The molecule has 110 valence electrons. The van der Waals surface area contributed by atoms with E-state index in [1.807, 2.05) is 24.3 Å². The van der Waals surface area contributed by atoms with Crippen LogP contribution < -0.4 is 5.32 Å². The van der Waals surface area contributed by atoms with Crippen molar-refractivity contribution in [1.29, 1.82) is 0 Å². The lowest BCUT2D eigenvalue weighted by Gasteiger charge is -2.02. The molecule has 1 amide bonds. The van der Waals surface area contributed by atoms with Crippen molar-refractivity contribution in [3.05, 3.63) is 70.5 Å². The van der Waals surface area contributed by atoms with Gasteiger partial charge in [0.15, 0.2) is 0 Å². The highest BCUT2D eigenvalue weighted by Gasteiger charge is 2.11. The third-order valence-electron chi connectivity index (χ3n) is 3.00. The first-order valence-electron chi connectivity index (χ1n) is 6.61. The molecule has 0 spiro atoms. The molecular weight excluding hydrogens is 318 g/mol. The Hall–Kier alpha value is -2.24. The van der Waals surface area contributed by atoms with E-state index in [-0.39, 0.29) is 5.91 Å². The molecule has 0 saturated carbocycles. The molecule has 0 aliphatic carbocycles. The number of pyridine rings is 1. The van der Waals surface area contributed by atoms with Gasteiger partial charge in [0.25, 0.3) is 5.91 Å². The van der Waals surface area contributed by atoms with Crippen LogP contribution in [0.25, 0.3) is 10.6 Å². The van der Waals surface area contributed by atoms with Crippen LogP contribution in [-0.4, -0.2) is 15.9 Å². The summed E-state index contributed by atoms with van der Waals surface area (Å²) in [6.45, 7) is 0.431. The molecule has 0 unspecified atom stereocenters. The highest BCUT2D eigenvalue weighted by molar-refractivity contribution is 7.13. The van der Waals surface area contributed by atoms with Gasteiger partial charge in [0.1, 0.15) is 10.7 Å². The van der Waals surface area contributed by atoms with Crippen molar-refractivity contribution in [2.45, 2.75) is 6.54 Å². The van der Waals surface area contributed by atoms with Crippen LogP contribution in [0.15, 0.2) is 54.2 Å². The van der Waals surface area contributed by atoms with Crippen LogP contribution in [0, 0.1) is 0 Å². The summed E-state index contributed by atoms with van der Waals surface area (Å²) in [4.78, 5) is 20.5. The lowest BCUT2D eigenvalue weighted by Crippen LogP contribution is -2.23. The monoisotopic (exact) mass is 329 g/mol. The van der Waals surface area contributed by atoms with Gasteiger partial charge in [-0.1, -0.05) is 29.8 Å². The topological polar surface area (TPSA) is 54.9 Å². The second-order valence-electron chi connectivity index (χ2n) is 4.59. The number of nitrogens with one attached hydrogen (secondary N) is 1. The van der Waals surface area contributed by atoms with Gasteiger partial charge in [-0.25, -0.2) is 4.98 Å². The number of rotatable bonds is 4. The summed E-state index contributed by atoms with van der Waals surface area (Å²) in [5, 5.41) is 6.06. The predicted octanol–water partition coefficient (Wildman–Crippen LogP) is 3.79. The zero-order chi connectivity index (χ0) is 15.4. The van der Waals surface area contributed by atoms with Gasteiger partial charge in [0.2, 0.25) is 0 Å². The number of nitrogens with zero attached hydrogens (tertiary/aromatic N) is 2. The molecule has 1 aromatic carbocycles. The van der Waals surface area contributed by atoms with Gasteiger partial charge in [-0.15, -0.1) is 11.3 Å². The van der Waals surface area contributed by atoms with Gasteiger partial charge in [0, 0.05) is 34.9 Å². The number of hydrogen-bond donors (Lipinski definition) is 1. The van der Waals surface area contributed by atoms with Gasteiger partial charge >= 0.3 is 0 Å². The maximum atomic E-state index is 12.1. The van der Waals surface area contributed by atoms with E-state index in [9.17, 15) is 4.79 Å². The van der Waals surface area contributed by atoms with Gasteiger partial charge < -0.3 is 5.32 Å². The fourth-order valence-electron chi connectivity index (χ4n) is 1.88. The third kappa shape index (κ3) is 3.50. The Morgan fingerprint density at radius 2 is 2.05 bits per heavy atom. The molecule has 6 heteroatoms. The average Bonchev–Trinajstić information content (AvgIpc) is 3.04. The molecule has 2 aromatic heterocycles. The molecule has 0 aliphatic rings. The summed E-state index contributed by atoms with van der Waals surface area (Å²) in [7, 11) is 0. The Bertz CT molecular complexity index is 772. The fourth-order valence-corrected chi connectivity index (χ4v) is 2.81. The summed E-state index contributed by atoms with van der Waals surface area (Å²) >= 11 is 7.30. The van der Waals surface area contributed by atoms with Crippen molar-refractivity contribution in [3.8, 4) is 10.6 Å². The van der Waals surface area contributed by atoms with E-state index in [2.05, 4.69) is 15.3 Å². The average molecular weight is 330 g/mol. The Morgan fingerprint density at radius 3 is 2.77 bits per heavy atom. The Balaban J connectivity index is 1.68. The van der Waals surface area contributed by atoms with Crippen LogP contribution in [0.1, 0.15) is 16.1 Å². The summed E-state index contributed by atoms with van der Waals surface area (Å²) in [5.41, 5.74) is 2.31. The standard InChI is InChI=1S/C16H12ClN3OS/c17-13-5-3-12(4-6-13)16-20-14(10-22-16)15(21)19-9-11-2-1-7-18-8-11/h1-8,10H,9H2,(H,19,21). The lowest BCUT2D eigenvalue weighted by atomic mass is 10.2. The van der Waals surface area contributed by atoms with E-state index in [0.717, 1.165) is 16.1 Å². The first-order valence-corrected chi connectivity index (χ1v) is 7.87. The second-order valence-corrected chi connectivity index (χ2v) is 5.88. The number of hydrogen-bond acceptors (Lipinski definition) is 4. The van der Waals surface area contributed by atoms with E-state index in [0.29, 0.717) is 17.3 Å². The number of carbonyl (C=O) groups is 1. The molecule has 0 radical (unpaired) electrons. The van der Waals surface area contributed by atoms with E-state index in [1.165, 1.54) is 11.3 Å². The van der Waals surface area contributed by atoms with Gasteiger partial charge in [-0.2, -0.15) is 0 Å². The highest BCUT2D eigenvalue weighted by Crippen LogP contribution is 2.25. The number of thiazole rings is 1. The number of carbonyl (C=O) groups excluding carboxylic acids is 1. The largest absolute Gasteiger partial charge is 0.347 e. The maximum Gasteiger partial charge on any atom is 0.271 e. The van der Waals surface area contributed by atoms with E-state index < -0.39 is 0 Å². The molecule has 4 nitrogen and oxygen atoms in total. The summed E-state index contributed by atoms with van der Waals surface area (Å²) < 4.78 is 0. The maximum absolute atomic E-state index is 12.1. The Labute approximate surface area is 136 Å². The highest BCUT2D eigenvalue weighted by atomic mass is 35.5. The van der Waals surface area contributed by atoms with Crippen LogP contribution >= 0.6 is 22.9 Å². The molecule has 1 N–H and O–H groups in total. The second kappa shape index (κ2) is 6.68. The van der Waals surface area contributed by atoms with Gasteiger partial charge in [-0.05, 0) is 23.8 Å². The van der Waals surface area contributed by atoms with Crippen molar-refractivity contribution in [2.75, 3.05) is 0 Å². The van der Waals surface area contributed by atoms with E-state index in [1.54, 1.807) is 29.9 Å². The van der Waals surface area contributed by atoms with Crippen LogP contribution in [0.3, 0.4) is 0 Å². The molecule has 0 saturated heterocycles. The van der Waals surface area contributed by atoms with Crippen LogP contribution in [0.2, 0.25) is 5.02 Å². The molecule has 0 aliphatic heterocycles. The van der Waals surface area contributed by atoms with Crippen molar-refractivity contribution in [1.82, 2.24) is 15.3 Å². The minimum Gasteiger partial charge on any atom is -0.347 e.